The Bertz CT molecular complexity index is 288. The second-order valence-electron chi connectivity index (χ2n) is 3.10. The monoisotopic (exact) mass is 202 g/mol. The van der Waals surface area contributed by atoms with Gasteiger partial charge in [0.25, 0.3) is 0 Å². The maximum absolute atomic E-state index is 12.8. The van der Waals surface area contributed by atoms with Crippen LogP contribution >= 0.6 is 11.6 Å². The molecule has 1 nitrogen and oxygen atoms in total. The van der Waals surface area contributed by atoms with Crippen LogP contribution in [0.4, 0.5) is 4.39 Å². The van der Waals surface area contributed by atoms with E-state index in [0.29, 0.717) is 12.0 Å². The minimum atomic E-state index is -0.550. The van der Waals surface area contributed by atoms with Crippen molar-refractivity contribution in [2.45, 2.75) is 19.4 Å². The van der Waals surface area contributed by atoms with Crippen molar-refractivity contribution in [3.63, 3.8) is 0 Å². The zero-order chi connectivity index (χ0) is 9.84. The van der Waals surface area contributed by atoms with Crippen LogP contribution in [0.3, 0.4) is 0 Å². The Morgan fingerprint density at radius 2 is 2.23 bits per heavy atom. The highest BCUT2D eigenvalue weighted by Gasteiger charge is 2.05. The van der Waals surface area contributed by atoms with Gasteiger partial charge in [0.05, 0.1) is 6.10 Å². The summed E-state index contributed by atoms with van der Waals surface area (Å²) in [7, 11) is 0. The molecule has 13 heavy (non-hydrogen) atoms. The molecule has 0 spiro atoms. The number of aryl methyl sites for hydroxylation is 1. The lowest BCUT2D eigenvalue weighted by molar-refractivity contribution is 0.198. The predicted molar refractivity (Wildman–Crippen MR) is 51.6 cm³/mol. The number of aliphatic hydroxyl groups excluding tert-OH is 1. The summed E-state index contributed by atoms with van der Waals surface area (Å²) in [5, 5.41) is 9.25. The summed E-state index contributed by atoms with van der Waals surface area (Å²) in [6.45, 7) is 1.70. The van der Waals surface area contributed by atoms with E-state index >= 15 is 0 Å². The zero-order valence-electron chi connectivity index (χ0n) is 7.43. The zero-order valence-corrected chi connectivity index (χ0v) is 8.18. The highest BCUT2D eigenvalue weighted by Crippen LogP contribution is 2.11. The van der Waals surface area contributed by atoms with Gasteiger partial charge in [-0.1, -0.05) is 12.1 Å². The molecule has 0 radical (unpaired) electrons. The molecule has 3 heteroatoms. The van der Waals surface area contributed by atoms with Crippen LogP contribution in [0, 0.1) is 12.7 Å². The number of hydrogen-bond donors (Lipinski definition) is 1. The van der Waals surface area contributed by atoms with Crippen molar-refractivity contribution in [2.75, 3.05) is 5.88 Å². The van der Waals surface area contributed by atoms with Gasteiger partial charge in [-0.25, -0.2) is 4.39 Å². The quantitative estimate of drug-likeness (QED) is 0.746. The molecule has 0 aliphatic heterocycles. The van der Waals surface area contributed by atoms with E-state index in [1.54, 1.807) is 19.1 Å². The number of alkyl halides is 1. The minimum absolute atomic E-state index is 0.205. The van der Waals surface area contributed by atoms with Gasteiger partial charge in [-0.15, -0.1) is 11.6 Å². The molecule has 0 amide bonds. The normalized spacial score (nSPS) is 12.9. The lowest BCUT2D eigenvalue weighted by Crippen LogP contribution is -2.11. The molecule has 1 unspecified atom stereocenters. The molecular formula is C10H12ClFO. The fraction of sp³-hybridized carbons (Fsp3) is 0.400. The maximum Gasteiger partial charge on any atom is 0.126 e. The number of benzene rings is 1. The fourth-order valence-corrected chi connectivity index (χ4v) is 1.27. The molecule has 0 saturated heterocycles. The summed E-state index contributed by atoms with van der Waals surface area (Å²) in [4.78, 5) is 0. The highest BCUT2D eigenvalue weighted by molar-refractivity contribution is 6.18. The molecule has 1 N–H and O–H groups in total. The standard InChI is InChI=1S/C10H12ClFO/c1-7-4-8(2-3-10(7)12)5-9(13)6-11/h2-4,9,13H,5-6H2,1H3. The largest absolute Gasteiger partial charge is 0.392 e. The smallest absolute Gasteiger partial charge is 0.126 e. The summed E-state index contributed by atoms with van der Waals surface area (Å²) in [6.07, 6.45) is -0.0727. The van der Waals surface area contributed by atoms with Gasteiger partial charge in [0.1, 0.15) is 5.82 Å². The molecule has 0 bridgehead atoms. The van der Waals surface area contributed by atoms with Gasteiger partial charge in [-0.05, 0) is 30.5 Å². The number of hydrogen-bond acceptors (Lipinski definition) is 1. The van der Waals surface area contributed by atoms with Crippen molar-refractivity contribution in [1.29, 1.82) is 0 Å². The predicted octanol–water partition coefficient (Wildman–Crippen LogP) is 2.28. The number of halogens is 2. The highest BCUT2D eigenvalue weighted by atomic mass is 35.5. The SMILES string of the molecule is Cc1cc(CC(O)CCl)ccc1F. The van der Waals surface area contributed by atoms with Crippen molar-refractivity contribution in [3.8, 4) is 0 Å². The third-order valence-electron chi connectivity index (χ3n) is 1.87. The summed E-state index contributed by atoms with van der Waals surface area (Å²) < 4.78 is 12.8. The minimum Gasteiger partial charge on any atom is -0.392 e. The molecule has 1 atom stereocenters. The second kappa shape index (κ2) is 4.58. The van der Waals surface area contributed by atoms with Crippen molar-refractivity contribution in [3.05, 3.63) is 35.1 Å². The van der Waals surface area contributed by atoms with Gasteiger partial charge in [0.2, 0.25) is 0 Å². The third-order valence-corrected chi connectivity index (χ3v) is 2.23. The van der Waals surface area contributed by atoms with Crippen LogP contribution in [0.5, 0.6) is 0 Å². The van der Waals surface area contributed by atoms with Crippen LogP contribution < -0.4 is 0 Å². The van der Waals surface area contributed by atoms with Crippen LogP contribution in [0.1, 0.15) is 11.1 Å². The summed E-state index contributed by atoms with van der Waals surface area (Å²) >= 11 is 5.45. The van der Waals surface area contributed by atoms with E-state index in [-0.39, 0.29) is 11.7 Å². The Labute approximate surface area is 82.2 Å². The van der Waals surface area contributed by atoms with Crippen molar-refractivity contribution < 1.29 is 9.50 Å². The van der Waals surface area contributed by atoms with Gasteiger partial charge in [-0.3, -0.25) is 0 Å². The van der Waals surface area contributed by atoms with E-state index in [1.165, 1.54) is 6.07 Å². The molecule has 0 aliphatic carbocycles. The van der Waals surface area contributed by atoms with Crippen molar-refractivity contribution in [2.24, 2.45) is 0 Å². The van der Waals surface area contributed by atoms with Gasteiger partial charge < -0.3 is 5.11 Å². The molecule has 0 fully saturated rings. The maximum atomic E-state index is 12.8. The first-order chi connectivity index (χ1) is 6.13. The summed E-state index contributed by atoms with van der Waals surface area (Å²) in [5.74, 6) is -0.0136. The van der Waals surface area contributed by atoms with E-state index in [0.717, 1.165) is 5.56 Å². The number of rotatable bonds is 3. The first kappa shape index (κ1) is 10.5. The molecule has 0 aliphatic rings. The molecule has 0 heterocycles. The van der Waals surface area contributed by atoms with E-state index < -0.39 is 6.10 Å². The summed E-state index contributed by atoms with van der Waals surface area (Å²) in [5.41, 5.74) is 1.51. The van der Waals surface area contributed by atoms with E-state index in [4.69, 9.17) is 11.6 Å². The topological polar surface area (TPSA) is 20.2 Å². The first-order valence-corrected chi connectivity index (χ1v) is 4.66. The molecule has 0 saturated carbocycles. The Morgan fingerprint density at radius 1 is 1.54 bits per heavy atom. The average Bonchev–Trinajstić information content (AvgIpc) is 2.11. The van der Waals surface area contributed by atoms with Crippen LogP contribution in [0.25, 0.3) is 0 Å². The van der Waals surface area contributed by atoms with Crippen LogP contribution in [0.15, 0.2) is 18.2 Å². The molecule has 1 rings (SSSR count). The Hall–Kier alpha value is -0.600. The first-order valence-electron chi connectivity index (χ1n) is 4.12. The van der Waals surface area contributed by atoms with Crippen molar-refractivity contribution in [1.82, 2.24) is 0 Å². The lowest BCUT2D eigenvalue weighted by atomic mass is 10.1. The second-order valence-corrected chi connectivity index (χ2v) is 3.40. The Balaban J connectivity index is 2.73. The van der Waals surface area contributed by atoms with E-state index in [1.807, 2.05) is 0 Å². The van der Waals surface area contributed by atoms with Crippen molar-refractivity contribution >= 4 is 11.6 Å². The third kappa shape index (κ3) is 2.98. The van der Waals surface area contributed by atoms with E-state index in [2.05, 4.69) is 0 Å². The average molecular weight is 203 g/mol. The summed E-state index contributed by atoms with van der Waals surface area (Å²) in [6, 6.07) is 4.80. The molecule has 72 valence electrons. The lowest BCUT2D eigenvalue weighted by Gasteiger charge is -2.07. The molecule has 1 aromatic rings. The van der Waals surface area contributed by atoms with Gasteiger partial charge in [0.15, 0.2) is 0 Å². The van der Waals surface area contributed by atoms with Crippen LogP contribution in [-0.2, 0) is 6.42 Å². The van der Waals surface area contributed by atoms with Gasteiger partial charge in [0, 0.05) is 5.88 Å². The molecule has 0 aromatic heterocycles. The van der Waals surface area contributed by atoms with Gasteiger partial charge >= 0.3 is 0 Å². The van der Waals surface area contributed by atoms with E-state index in [9.17, 15) is 9.50 Å². The Morgan fingerprint density at radius 3 is 2.77 bits per heavy atom. The molecule has 1 aromatic carbocycles. The Kier molecular flexibility index (Phi) is 3.70. The fourth-order valence-electron chi connectivity index (χ4n) is 1.16. The van der Waals surface area contributed by atoms with Crippen LogP contribution in [-0.4, -0.2) is 17.1 Å². The molecular weight excluding hydrogens is 191 g/mol. The van der Waals surface area contributed by atoms with Crippen LogP contribution in [0.2, 0.25) is 0 Å². The number of aliphatic hydroxyl groups is 1. The van der Waals surface area contributed by atoms with Gasteiger partial charge in [-0.2, -0.15) is 0 Å².